The van der Waals surface area contributed by atoms with Crippen LogP contribution in [0.4, 0.5) is 0 Å². The van der Waals surface area contributed by atoms with Crippen molar-refractivity contribution < 1.29 is 9.80 Å². The monoisotopic (exact) mass is 155 g/mol. The Balaban J connectivity index is 2.39. The normalized spacial score (nSPS) is 17.1. The molecule has 1 aliphatic rings. The first-order chi connectivity index (χ1) is 5.24. The molecule has 0 amide bonds. The van der Waals surface area contributed by atoms with Crippen LogP contribution in [0.3, 0.4) is 0 Å². The van der Waals surface area contributed by atoms with Gasteiger partial charge < -0.3 is 5.11 Å². The lowest BCUT2D eigenvalue weighted by Crippen LogP contribution is -2.15. The Kier molecular flexibility index (Phi) is 2.76. The van der Waals surface area contributed by atoms with Crippen LogP contribution in [-0.2, 0) is 0 Å². The van der Waals surface area contributed by atoms with Crippen molar-refractivity contribution in [1.82, 2.24) is 0 Å². The van der Waals surface area contributed by atoms with E-state index in [0.29, 0.717) is 12.5 Å². The topological polar surface area (TPSA) is 35.6 Å². The molecule has 62 valence electrons. The highest BCUT2D eigenvalue weighted by Gasteiger charge is 2.17. The predicted molar refractivity (Wildman–Crippen MR) is 42.4 cm³/mol. The maximum atomic E-state index is 8.63. The van der Waals surface area contributed by atoms with E-state index in [1.807, 2.05) is 10.9 Å². The minimum atomic E-state index is 0.183. The molecule has 1 heterocycles. The molecule has 11 heavy (non-hydrogen) atoms. The predicted octanol–water partition coefficient (Wildman–Crippen LogP) is 0.997. The maximum Gasteiger partial charge on any atom is 0.192 e. The third-order valence-corrected chi connectivity index (χ3v) is 1.85. The summed E-state index contributed by atoms with van der Waals surface area (Å²) < 4.78 is 1.88. The van der Waals surface area contributed by atoms with Gasteiger partial charge in [-0.3, -0.25) is 0 Å². The average molecular weight is 155 g/mol. The fourth-order valence-electron chi connectivity index (χ4n) is 1.03. The Morgan fingerprint density at radius 3 is 2.91 bits per heavy atom. The molecule has 1 aliphatic heterocycles. The standard InChI is InChI=1S/C8H15N2O/c1-7(2)8-5-9-10(6-8)3-4-11/h5,7,11H,3-4,6H2,1-2H3/q+1. The molecule has 0 aromatic carbocycles. The summed E-state index contributed by atoms with van der Waals surface area (Å²) in [6.45, 7) is 6.03. The summed E-state index contributed by atoms with van der Waals surface area (Å²) in [4.78, 5) is 0. The van der Waals surface area contributed by atoms with Crippen LogP contribution in [0.1, 0.15) is 13.8 Å². The zero-order valence-corrected chi connectivity index (χ0v) is 7.12. The molecule has 0 spiro atoms. The quantitative estimate of drug-likeness (QED) is 0.606. The van der Waals surface area contributed by atoms with Gasteiger partial charge in [-0.15, -0.1) is 4.70 Å². The van der Waals surface area contributed by atoms with Gasteiger partial charge in [0.25, 0.3) is 0 Å². The summed E-state index contributed by atoms with van der Waals surface area (Å²) in [5, 5.41) is 12.8. The van der Waals surface area contributed by atoms with Crippen molar-refractivity contribution in [2.24, 2.45) is 11.0 Å². The Bertz CT molecular complexity index is 194. The second-order valence-corrected chi connectivity index (χ2v) is 3.09. The largest absolute Gasteiger partial charge is 0.390 e. The van der Waals surface area contributed by atoms with Gasteiger partial charge in [0, 0.05) is 5.57 Å². The van der Waals surface area contributed by atoms with E-state index >= 15 is 0 Å². The lowest BCUT2D eigenvalue weighted by atomic mass is 10.1. The van der Waals surface area contributed by atoms with Gasteiger partial charge in [-0.1, -0.05) is 13.8 Å². The van der Waals surface area contributed by atoms with Gasteiger partial charge in [0.05, 0.1) is 6.20 Å². The molecule has 0 aromatic rings. The highest BCUT2D eigenvalue weighted by Crippen LogP contribution is 2.14. The summed E-state index contributed by atoms with van der Waals surface area (Å²) in [6.07, 6.45) is 1.90. The summed E-state index contributed by atoms with van der Waals surface area (Å²) in [5.74, 6) is 0.572. The Morgan fingerprint density at radius 2 is 2.45 bits per heavy atom. The molecule has 0 aromatic heterocycles. The smallest absolute Gasteiger partial charge is 0.192 e. The maximum absolute atomic E-state index is 8.63. The SMILES string of the molecule is CC(C)C1=CN=[N+](CCO)C1. The number of hydrogen-bond acceptors (Lipinski definition) is 2. The van der Waals surface area contributed by atoms with Gasteiger partial charge in [-0.05, 0) is 11.0 Å². The number of aliphatic hydroxyl groups excluding tert-OH is 1. The molecule has 1 N–H and O–H groups in total. The van der Waals surface area contributed by atoms with Crippen LogP contribution >= 0.6 is 0 Å². The van der Waals surface area contributed by atoms with E-state index in [0.717, 1.165) is 6.54 Å². The zero-order chi connectivity index (χ0) is 8.27. The second-order valence-electron chi connectivity index (χ2n) is 3.09. The van der Waals surface area contributed by atoms with Crippen molar-refractivity contribution >= 4 is 0 Å². The Hall–Kier alpha value is -0.700. The van der Waals surface area contributed by atoms with Gasteiger partial charge in [0.1, 0.15) is 6.61 Å². The van der Waals surface area contributed by atoms with E-state index in [2.05, 4.69) is 19.0 Å². The first kappa shape index (κ1) is 8.40. The van der Waals surface area contributed by atoms with Crippen LogP contribution in [0.25, 0.3) is 0 Å². The minimum absolute atomic E-state index is 0.183. The van der Waals surface area contributed by atoms with Gasteiger partial charge in [0.15, 0.2) is 13.1 Å². The van der Waals surface area contributed by atoms with Crippen molar-refractivity contribution in [2.45, 2.75) is 13.8 Å². The van der Waals surface area contributed by atoms with Crippen molar-refractivity contribution in [3.63, 3.8) is 0 Å². The summed E-state index contributed by atoms with van der Waals surface area (Å²) in [5.41, 5.74) is 1.35. The molecule has 0 unspecified atom stereocenters. The van der Waals surface area contributed by atoms with Crippen molar-refractivity contribution in [3.8, 4) is 0 Å². The molecular formula is C8H15N2O+. The van der Waals surface area contributed by atoms with Gasteiger partial charge in [-0.2, -0.15) is 0 Å². The molecule has 0 saturated carbocycles. The van der Waals surface area contributed by atoms with Crippen molar-refractivity contribution in [1.29, 1.82) is 0 Å². The van der Waals surface area contributed by atoms with E-state index < -0.39 is 0 Å². The molecule has 0 radical (unpaired) electrons. The highest BCUT2D eigenvalue weighted by atomic mass is 16.3. The molecule has 0 fully saturated rings. The van der Waals surface area contributed by atoms with E-state index in [1.54, 1.807) is 0 Å². The highest BCUT2D eigenvalue weighted by molar-refractivity contribution is 5.04. The van der Waals surface area contributed by atoms with E-state index in [1.165, 1.54) is 5.57 Å². The van der Waals surface area contributed by atoms with Crippen molar-refractivity contribution in [3.05, 3.63) is 11.8 Å². The Morgan fingerprint density at radius 1 is 1.73 bits per heavy atom. The Labute approximate surface area is 67.0 Å². The van der Waals surface area contributed by atoms with Gasteiger partial charge >= 0.3 is 0 Å². The van der Waals surface area contributed by atoms with Crippen LogP contribution in [0, 0.1) is 5.92 Å². The average Bonchev–Trinajstić information content (AvgIpc) is 2.37. The van der Waals surface area contributed by atoms with Gasteiger partial charge in [0.2, 0.25) is 0 Å². The van der Waals surface area contributed by atoms with E-state index in [9.17, 15) is 0 Å². The molecule has 0 aliphatic carbocycles. The summed E-state index contributed by atoms with van der Waals surface area (Å²) in [7, 11) is 0. The molecule has 0 atom stereocenters. The van der Waals surface area contributed by atoms with E-state index in [-0.39, 0.29) is 6.61 Å². The second kappa shape index (κ2) is 3.62. The molecule has 1 rings (SSSR count). The number of rotatable bonds is 3. The molecule has 3 heteroatoms. The van der Waals surface area contributed by atoms with E-state index in [4.69, 9.17) is 5.11 Å². The lowest BCUT2D eigenvalue weighted by Gasteiger charge is -2.00. The number of β-amino-alcohol motifs (C(OH)–C–C–N with tert-alkyl or cyclic N) is 1. The molecule has 0 saturated heterocycles. The minimum Gasteiger partial charge on any atom is -0.390 e. The third kappa shape index (κ3) is 2.12. The number of hydrogen-bond donors (Lipinski definition) is 1. The van der Waals surface area contributed by atoms with Crippen LogP contribution in [-0.4, -0.2) is 29.5 Å². The van der Waals surface area contributed by atoms with Crippen LogP contribution < -0.4 is 0 Å². The number of azo groups is 2. The number of nitrogens with zero attached hydrogens (tertiary/aromatic N) is 2. The molecular weight excluding hydrogens is 140 g/mol. The van der Waals surface area contributed by atoms with Crippen molar-refractivity contribution in [2.75, 3.05) is 19.7 Å². The zero-order valence-electron chi connectivity index (χ0n) is 7.12. The first-order valence-corrected chi connectivity index (χ1v) is 3.99. The summed E-state index contributed by atoms with van der Waals surface area (Å²) >= 11 is 0. The molecule has 0 bridgehead atoms. The first-order valence-electron chi connectivity index (χ1n) is 3.99. The fraction of sp³-hybridized carbons (Fsp3) is 0.750. The number of aliphatic hydroxyl groups is 1. The van der Waals surface area contributed by atoms with Crippen LogP contribution in [0.15, 0.2) is 16.9 Å². The molecule has 3 nitrogen and oxygen atoms in total. The third-order valence-electron chi connectivity index (χ3n) is 1.85. The van der Waals surface area contributed by atoms with Gasteiger partial charge in [-0.25, -0.2) is 0 Å². The fourth-order valence-corrected chi connectivity index (χ4v) is 1.03. The lowest BCUT2D eigenvalue weighted by molar-refractivity contribution is -0.579. The van der Waals surface area contributed by atoms with Crippen LogP contribution in [0.2, 0.25) is 0 Å². The van der Waals surface area contributed by atoms with Crippen LogP contribution in [0.5, 0.6) is 0 Å². The summed E-state index contributed by atoms with van der Waals surface area (Å²) in [6, 6.07) is 0.